The van der Waals surface area contributed by atoms with Gasteiger partial charge in [0.2, 0.25) is 5.91 Å². The number of thioether (sulfide) groups is 1. The van der Waals surface area contributed by atoms with Crippen LogP contribution in [0.4, 0.5) is 0 Å². The van der Waals surface area contributed by atoms with Crippen LogP contribution in [0.2, 0.25) is 0 Å². The highest BCUT2D eigenvalue weighted by atomic mass is 32.2. The Hall–Kier alpha value is -2.33. The summed E-state index contributed by atoms with van der Waals surface area (Å²) in [5, 5.41) is 12.0. The second-order valence-corrected chi connectivity index (χ2v) is 6.31. The molecule has 126 valence electrons. The molecule has 2 aromatic heterocycles. The van der Waals surface area contributed by atoms with Crippen LogP contribution in [-0.2, 0) is 11.8 Å². The van der Waals surface area contributed by atoms with E-state index in [0.717, 1.165) is 11.4 Å². The SMILES string of the molecule is C#CC(CC)(CC)NC(=O)CSc1nnc(-c2ccncc2)n1C. The van der Waals surface area contributed by atoms with Crippen molar-refractivity contribution in [2.45, 2.75) is 37.4 Å². The molecule has 0 aromatic carbocycles. The third-order valence-electron chi connectivity index (χ3n) is 3.97. The largest absolute Gasteiger partial charge is 0.339 e. The Kier molecular flexibility index (Phi) is 5.99. The zero-order valence-electron chi connectivity index (χ0n) is 14.1. The van der Waals surface area contributed by atoms with E-state index in [0.29, 0.717) is 18.0 Å². The molecule has 7 heteroatoms. The van der Waals surface area contributed by atoms with E-state index >= 15 is 0 Å². The Bertz CT molecular complexity index is 731. The van der Waals surface area contributed by atoms with Gasteiger partial charge >= 0.3 is 0 Å². The molecule has 2 rings (SSSR count). The van der Waals surface area contributed by atoms with Crippen molar-refractivity contribution in [3.8, 4) is 23.7 Å². The third-order valence-corrected chi connectivity index (χ3v) is 4.99. The van der Waals surface area contributed by atoms with Crippen molar-refractivity contribution in [1.82, 2.24) is 25.1 Å². The fourth-order valence-corrected chi connectivity index (χ4v) is 3.00. The first-order valence-electron chi connectivity index (χ1n) is 7.76. The van der Waals surface area contributed by atoms with Gasteiger partial charge in [-0.3, -0.25) is 9.78 Å². The molecule has 24 heavy (non-hydrogen) atoms. The predicted molar refractivity (Wildman–Crippen MR) is 95.2 cm³/mol. The van der Waals surface area contributed by atoms with Gasteiger partial charge in [-0.05, 0) is 25.0 Å². The number of carbonyl (C=O) groups excluding carboxylic acids is 1. The van der Waals surface area contributed by atoms with Gasteiger partial charge in [0.1, 0.15) is 5.54 Å². The maximum Gasteiger partial charge on any atom is 0.231 e. The Balaban J connectivity index is 2.02. The van der Waals surface area contributed by atoms with Crippen LogP contribution in [0, 0.1) is 12.3 Å². The number of amides is 1. The highest BCUT2D eigenvalue weighted by Crippen LogP contribution is 2.22. The number of rotatable bonds is 7. The molecule has 2 aromatic rings. The highest BCUT2D eigenvalue weighted by Gasteiger charge is 2.25. The quantitative estimate of drug-likeness (QED) is 0.617. The molecule has 0 aliphatic rings. The monoisotopic (exact) mass is 343 g/mol. The summed E-state index contributed by atoms with van der Waals surface area (Å²) in [6, 6.07) is 3.74. The van der Waals surface area contributed by atoms with Gasteiger partial charge in [-0.2, -0.15) is 0 Å². The summed E-state index contributed by atoms with van der Waals surface area (Å²) >= 11 is 1.34. The van der Waals surface area contributed by atoms with Gasteiger partial charge in [-0.25, -0.2) is 0 Å². The van der Waals surface area contributed by atoms with Gasteiger partial charge in [0.25, 0.3) is 0 Å². The molecule has 0 saturated carbocycles. The van der Waals surface area contributed by atoms with E-state index in [1.807, 2.05) is 37.6 Å². The molecular weight excluding hydrogens is 322 g/mol. The smallest absolute Gasteiger partial charge is 0.231 e. The zero-order chi connectivity index (χ0) is 17.6. The first-order valence-corrected chi connectivity index (χ1v) is 8.75. The molecule has 0 bridgehead atoms. The summed E-state index contributed by atoms with van der Waals surface area (Å²) in [6.45, 7) is 3.95. The molecule has 0 spiro atoms. The van der Waals surface area contributed by atoms with E-state index in [2.05, 4.69) is 26.4 Å². The summed E-state index contributed by atoms with van der Waals surface area (Å²) < 4.78 is 1.86. The van der Waals surface area contributed by atoms with Gasteiger partial charge in [0, 0.05) is 25.0 Å². The average molecular weight is 343 g/mol. The maximum atomic E-state index is 12.2. The number of aromatic nitrogens is 4. The van der Waals surface area contributed by atoms with Crippen LogP contribution >= 0.6 is 11.8 Å². The lowest BCUT2D eigenvalue weighted by Gasteiger charge is -2.26. The van der Waals surface area contributed by atoms with Crippen LogP contribution < -0.4 is 5.32 Å². The van der Waals surface area contributed by atoms with Crippen LogP contribution in [-0.4, -0.2) is 36.9 Å². The molecule has 6 nitrogen and oxygen atoms in total. The van der Waals surface area contributed by atoms with Gasteiger partial charge in [0.05, 0.1) is 5.75 Å². The van der Waals surface area contributed by atoms with Crippen LogP contribution in [0.3, 0.4) is 0 Å². The van der Waals surface area contributed by atoms with E-state index in [1.165, 1.54) is 11.8 Å². The van der Waals surface area contributed by atoms with Gasteiger partial charge < -0.3 is 9.88 Å². The lowest BCUT2D eigenvalue weighted by molar-refractivity contribution is -0.119. The van der Waals surface area contributed by atoms with Crippen LogP contribution in [0.1, 0.15) is 26.7 Å². The molecule has 1 N–H and O–H groups in total. The lowest BCUT2D eigenvalue weighted by atomic mass is 9.94. The summed E-state index contributed by atoms with van der Waals surface area (Å²) in [5.41, 5.74) is 0.360. The second-order valence-electron chi connectivity index (χ2n) is 5.37. The molecule has 1 amide bonds. The minimum atomic E-state index is -0.570. The summed E-state index contributed by atoms with van der Waals surface area (Å²) in [7, 11) is 1.87. The van der Waals surface area contributed by atoms with E-state index in [1.54, 1.807) is 12.4 Å². The van der Waals surface area contributed by atoms with Crippen molar-refractivity contribution >= 4 is 17.7 Å². The van der Waals surface area contributed by atoms with Gasteiger partial charge in [-0.1, -0.05) is 31.5 Å². The average Bonchev–Trinajstić information content (AvgIpc) is 2.99. The van der Waals surface area contributed by atoms with Gasteiger partial charge in [-0.15, -0.1) is 16.6 Å². The molecule has 0 unspecified atom stereocenters. The molecular formula is C17H21N5OS. The van der Waals surface area contributed by atoms with Crippen LogP contribution in [0.25, 0.3) is 11.4 Å². The fraction of sp³-hybridized carbons (Fsp3) is 0.412. The standard InChI is InChI=1S/C17H21N5OS/c1-5-17(6-2,7-3)19-14(23)12-24-16-21-20-15(22(16)4)13-8-10-18-11-9-13/h1,8-11H,6-7,12H2,2-4H3,(H,19,23). The number of hydrogen-bond donors (Lipinski definition) is 1. The molecule has 0 atom stereocenters. The summed E-state index contributed by atoms with van der Waals surface area (Å²) in [4.78, 5) is 16.2. The fourth-order valence-electron chi connectivity index (χ4n) is 2.29. The zero-order valence-corrected chi connectivity index (χ0v) is 14.9. The molecule has 0 aliphatic carbocycles. The van der Waals surface area contributed by atoms with Crippen molar-refractivity contribution in [2.24, 2.45) is 7.05 Å². The first kappa shape index (κ1) is 18.0. The predicted octanol–water partition coefficient (Wildman–Crippen LogP) is 2.28. The van der Waals surface area contributed by atoms with Crippen molar-refractivity contribution in [2.75, 3.05) is 5.75 Å². The highest BCUT2D eigenvalue weighted by molar-refractivity contribution is 7.99. The Morgan fingerprint density at radius 3 is 2.58 bits per heavy atom. The van der Waals surface area contributed by atoms with Crippen molar-refractivity contribution in [3.63, 3.8) is 0 Å². The van der Waals surface area contributed by atoms with E-state index in [-0.39, 0.29) is 11.7 Å². The number of carbonyl (C=O) groups is 1. The Morgan fingerprint density at radius 2 is 2.00 bits per heavy atom. The number of terminal acetylenes is 1. The molecule has 0 saturated heterocycles. The Morgan fingerprint density at radius 1 is 1.33 bits per heavy atom. The van der Waals surface area contributed by atoms with Crippen molar-refractivity contribution < 1.29 is 4.79 Å². The first-order chi connectivity index (χ1) is 11.5. The van der Waals surface area contributed by atoms with E-state index < -0.39 is 5.54 Å². The van der Waals surface area contributed by atoms with Crippen LogP contribution in [0.15, 0.2) is 29.7 Å². The molecule has 2 heterocycles. The van der Waals surface area contributed by atoms with Crippen LogP contribution in [0.5, 0.6) is 0 Å². The molecule has 0 aliphatic heterocycles. The number of hydrogen-bond acceptors (Lipinski definition) is 5. The van der Waals surface area contributed by atoms with Crippen molar-refractivity contribution in [1.29, 1.82) is 0 Å². The minimum Gasteiger partial charge on any atom is -0.339 e. The number of pyridine rings is 1. The minimum absolute atomic E-state index is 0.102. The summed E-state index contributed by atoms with van der Waals surface area (Å²) in [6.07, 6.45) is 10.4. The molecule has 0 fully saturated rings. The lowest BCUT2D eigenvalue weighted by Crippen LogP contribution is -2.47. The summed E-state index contributed by atoms with van der Waals surface area (Å²) in [5.74, 6) is 3.58. The Labute approximate surface area is 146 Å². The number of nitrogens with one attached hydrogen (secondary N) is 1. The van der Waals surface area contributed by atoms with E-state index in [9.17, 15) is 4.79 Å². The van der Waals surface area contributed by atoms with Crippen molar-refractivity contribution in [3.05, 3.63) is 24.5 Å². The normalized spacial score (nSPS) is 11.1. The third kappa shape index (κ3) is 3.95. The second kappa shape index (κ2) is 7.97. The topological polar surface area (TPSA) is 72.7 Å². The number of nitrogens with zero attached hydrogens (tertiary/aromatic N) is 4. The maximum absolute atomic E-state index is 12.2. The molecule has 0 radical (unpaired) electrons. The van der Waals surface area contributed by atoms with E-state index in [4.69, 9.17) is 6.42 Å². The van der Waals surface area contributed by atoms with Gasteiger partial charge in [0.15, 0.2) is 11.0 Å².